The number of nitriles is 1. The van der Waals surface area contributed by atoms with Gasteiger partial charge in [0.25, 0.3) is 5.91 Å². The summed E-state index contributed by atoms with van der Waals surface area (Å²) in [7, 11) is 0. The molecular formula is C13H14FN3O. The number of halogens is 1. The number of rotatable bonds is 3. The van der Waals surface area contributed by atoms with Crippen molar-refractivity contribution in [3.05, 3.63) is 29.5 Å². The maximum Gasteiger partial charge on any atom is 0.253 e. The van der Waals surface area contributed by atoms with Gasteiger partial charge in [0.2, 0.25) is 0 Å². The molecule has 2 N–H and O–H groups in total. The summed E-state index contributed by atoms with van der Waals surface area (Å²) in [6.45, 7) is -2.80. The van der Waals surface area contributed by atoms with Crippen molar-refractivity contribution < 1.29 is 16.0 Å². The van der Waals surface area contributed by atoms with Gasteiger partial charge in [-0.2, -0.15) is 5.26 Å². The van der Waals surface area contributed by atoms with Crippen LogP contribution >= 0.6 is 0 Å². The first-order valence-corrected chi connectivity index (χ1v) is 5.40. The number of carbonyl (C=O) groups excluding carboxylic acids is 1. The van der Waals surface area contributed by atoms with Crippen molar-refractivity contribution in [3.63, 3.8) is 0 Å². The largest absolute Gasteiger partial charge is 0.367 e. The average Bonchev–Trinajstić information content (AvgIpc) is 2.39. The highest BCUT2D eigenvalue weighted by Gasteiger charge is 2.37. The Kier molecular flexibility index (Phi) is 1.90. The van der Waals surface area contributed by atoms with Gasteiger partial charge in [0.05, 0.1) is 14.4 Å². The lowest BCUT2D eigenvalue weighted by molar-refractivity contribution is 0.0959. The van der Waals surface area contributed by atoms with Crippen LogP contribution in [-0.2, 0) is 0 Å². The van der Waals surface area contributed by atoms with E-state index in [0.29, 0.717) is 12.8 Å². The van der Waals surface area contributed by atoms with E-state index < -0.39 is 35.8 Å². The van der Waals surface area contributed by atoms with Gasteiger partial charge in [0, 0.05) is 16.8 Å². The Morgan fingerprint density at radius 1 is 1.72 bits per heavy atom. The van der Waals surface area contributed by atoms with Gasteiger partial charge in [0.1, 0.15) is 11.4 Å². The highest BCUT2D eigenvalue weighted by Crippen LogP contribution is 2.34. The van der Waals surface area contributed by atoms with E-state index in [0.717, 1.165) is 12.5 Å². The number of nitrogens with zero attached hydrogens (tertiary/aromatic N) is 1. The van der Waals surface area contributed by atoms with Gasteiger partial charge < -0.3 is 10.6 Å². The van der Waals surface area contributed by atoms with Gasteiger partial charge in [-0.3, -0.25) is 4.79 Å². The first-order chi connectivity index (χ1) is 10.6. The summed E-state index contributed by atoms with van der Waals surface area (Å²) in [6.07, 6.45) is 1.85. The number of nitrogens with one attached hydrogen (secondary N) is 2. The van der Waals surface area contributed by atoms with Crippen LogP contribution in [0.15, 0.2) is 18.2 Å². The molecule has 1 amide bonds. The topological polar surface area (TPSA) is 64.9 Å². The van der Waals surface area contributed by atoms with Crippen molar-refractivity contribution in [1.29, 1.82) is 5.26 Å². The van der Waals surface area contributed by atoms with Crippen molar-refractivity contribution in [3.8, 4) is 6.07 Å². The molecule has 0 spiro atoms. The summed E-state index contributed by atoms with van der Waals surface area (Å²) in [6, 6.07) is 1.81. The Labute approximate surface area is 112 Å². The second-order valence-corrected chi connectivity index (χ2v) is 4.14. The number of carbonyl (C=O) groups is 1. The lowest BCUT2D eigenvalue weighted by Gasteiger charge is -2.36. The highest BCUT2D eigenvalue weighted by molar-refractivity contribution is 5.94. The molecule has 0 bridgehead atoms. The number of hydrogen-bond acceptors (Lipinski definition) is 3. The van der Waals surface area contributed by atoms with Crippen LogP contribution in [0, 0.1) is 17.1 Å². The van der Waals surface area contributed by atoms with Crippen molar-refractivity contribution in [2.45, 2.75) is 24.8 Å². The van der Waals surface area contributed by atoms with Crippen LogP contribution in [0.4, 0.5) is 10.1 Å². The summed E-state index contributed by atoms with van der Waals surface area (Å²) < 4.78 is 50.7. The van der Waals surface area contributed by atoms with Gasteiger partial charge in [-0.1, -0.05) is 0 Å². The maximum atomic E-state index is 14.2. The highest BCUT2D eigenvalue weighted by atomic mass is 19.1. The molecule has 0 aromatic heterocycles. The number of benzene rings is 1. The van der Waals surface area contributed by atoms with Gasteiger partial charge in [-0.15, -0.1) is 0 Å². The zero-order valence-corrected chi connectivity index (χ0v) is 9.43. The maximum absolute atomic E-state index is 14.2. The minimum absolute atomic E-state index is 0.186. The summed E-state index contributed by atoms with van der Waals surface area (Å²) in [5.41, 5.74) is -1.81. The molecule has 2 rings (SSSR count). The Bertz CT molecular complexity index is 694. The SMILES string of the molecule is [2H]c1cc(C(=O)NC([2H])([2H])[2H])c(F)c([2H])c1NC1(C#N)CCC1. The third kappa shape index (κ3) is 2.14. The fourth-order valence-corrected chi connectivity index (χ4v) is 1.76. The molecule has 1 fully saturated rings. The Hall–Kier alpha value is -2.09. The first-order valence-electron chi connectivity index (χ1n) is 7.90. The number of hydrogen-bond donors (Lipinski definition) is 2. The van der Waals surface area contributed by atoms with Crippen LogP contribution in [0.3, 0.4) is 0 Å². The van der Waals surface area contributed by atoms with Crippen LogP contribution < -0.4 is 10.6 Å². The molecule has 1 aliphatic carbocycles. The van der Waals surface area contributed by atoms with E-state index in [9.17, 15) is 9.18 Å². The fourth-order valence-electron chi connectivity index (χ4n) is 1.76. The summed E-state index contributed by atoms with van der Waals surface area (Å²) >= 11 is 0. The standard InChI is InChI=1S/C13H14FN3O/c1-16-12(18)10-4-3-9(7-11(10)14)17-13(8-15)5-2-6-13/h3-4,7,17H,2,5-6H2,1H3,(H,16,18)/i1D3,3D,7D. The molecule has 0 saturated heterocycles. The van der Waals surface area contributed by atoms with Crippen LogP contribution in [0.2, 0.25) is 0 Å². The van der Waals surface area contributed by atoms with Crippen molar-refractivity contribution in [1.82, 2.24) is 5.32 Å². The molecule has 0 heterocycles. The van der Waals surface area contributed by atoms with Crippen LogP contribution in [0.1, 0.15) is 36.5 Å². The molecule has 1 aliphatic rings. The van der Waals surface area contributed by atoms with Gasteiger partial charge in [0.15, 0.2) is 0 Å². The minimum atomic E-state index is -2.80. The van der Waals surface area contributed by atoms with E-state index in [1.807, 2.05) is 0 Å². The molecule has 1 aromatic rings. The zero-order chi connectivity index (χ0) is 17.4. The molecule has 18 heavy (non-hydrogen) atoms. The normalized spacial score (nSPS) is 21.0. The molecule has 1 aromatic carbocycles. The lowest BCUT2D eigenvalue weighted by Crippen LogP contribution is -2.43. The summed E-state index contributed by atoms with van der Waals surface area (Å²) in [4.78, 5) is 11.8. The smallest absolute Gasteiger partial charge is 0.253 e. The van der Waals surface area contributed by atoms with Crippen molar-refractivity contribution in [2.75, 3.05) is 12.3 Å². The summed E-state index contributed by atoms with van der Waals surface area (Å²) in [5.74, 6) is -2.47. The van der Waals surface area contributed by atoms with Crippen LogP contribution in [0.25, 0.3) is 0 Å². The molecular weight excluding hydrogens is 233 g/mol. The third-order valence-electron chi connectivity index (χ3n) is 2.98. The quantitative estimate of drug-likeness (QED) is 0.865. The van der Waals surface area contributed by atoms with E-state index in [1.165, 1.54) is 0 Å². The molecule has 94 valence electrons. The molecule has 1 saturated carbocycles. The minimum Gasteiger partial charge on any atom is -0.367 e. The molecule has 5 heteroatoms. The van der Waals surface area contributed by atoms with E-state index in [4.69, 9.17) is 12.1 Å². The van der Waals surface area contributed by atoms with Gasteiger partial charge >= 0.3 is 0 Å². The fraction of sp³-hybridized carbons (Fsp3) is 0.385. The van der Waals surface area contributed by atoms with Gasteiger partial charge in [-0.25, -0.2) is 4.39 Å². The summed E-state index contributed by atoms with van der Waals surface area (Å²) in [5, 5.41) is 13.5. The first kappa shape index (κ1) is 7.37. The predicted octanol–water partition coefficient (Wildman–Crippen LogP) is 2.04. The Morgan fingerprint density at radius 3 is 3.06 bits per heavy atom. The zero-order valence-electron chi connectivity index (χ0n) is 14.4. The number of amides is 1. The predicted molar refractivity (Wildman–Crippen MR) is 65.6 cm³/mol. The third-order valence-corrected chi connectivity index (χ3v) is 2.98. The van der Waals surface area contributed by atoms with E-state index in [1.54, 1.807) is 5.32 Å². The monoisotopic (exact) mass is 252 g/mol. The lowest BCUT2D eigenvalue weighted by atomic mass is 9.78. The van der Waals surface area contributed by atoms with E-state index >= 15 is 0 Å². The second kappa shape index (κ2) is 4.65. The van der Waals surface area contributed by atoms with E-state index in [-0.39, 0.29) is 11.7 Å². The molecule has 0 radical (unpaired) electrons. The Balaban J connectivity index is 2.37. The Morgan fingerprint density at radius 2 is 2.50 bits per heavy atom. The van der Waals surface area contributed by atoms with Gasteiger partial charge in [-0.05, 0) is 37.4 Å². The molecule has 0 atom stereocenters. The average molecular weight is 252 g/mol. The van der Waals surface area contributed by atoms with Crippen molar-refractivity contribution in [2.24, 2.45) is 0 Å². The van der Waals surface area contributed by atoms with Crippen molar-refractivity contribution >= 4 is 11.6 Å². The van der Waals surface area contributed by atoms with Crippen LogP contribution in [-0.4, -0.2) is 18.4 Å². The molecule has 4 nitrogen and oxygen atoms in total. The second-order valence-electron chi connectivity index (χ2n) is 4.14. The molecule has 0 unspecified atom stereocenters. The van der Waals surface area contributed by atoms with E-state index in [2.05, 4.69) is 11.4 Å². The number of anilines is 1. The molecule has 0 aliphatic heterocycles. The van der Waals surface area contributed by atoms with Crippen LogP contribution in [0.5, 0.6) is 0 Å².